The number of hydrogen-bond donors (Lipinski definition) is 1. The summed E-state index contributed by atoms with van der Waals surface area (Å²) in [5.74, 6) is -2.49. The highest BCUT2D eigenvalue weighted by Gasteiger charge is 2.26. The van der Waals surface area contributed by atoms with E-state index in [4.69, 9.17) is 5.11 Å². The fourth-order valence-corrected chi connectivity index (χ4v) is 2.83. The first-order valence-electron chi connectivity index (χ1n) is 7.29. The third kappa shape index (κ3) is 3.28. The molecule has 1 aromatic heterocycles. The maximum atomic E-state index is 13.5. The second-order valence-corrected chi connectivity index (χ2v) is 5.51. The van der Waals surface area contributed by atoms with Crippen molar-refractivity contribution in [2.45, 2.75) is 12.8 Å². The van der Waals surface area contributed by atoms with Crippen LogP contribution < -0.4 is 4.90 Å². The van der Waals surface area contributed by atoms with Crippen LogP contribution in [-0.4, -0.2) is 34.1 Å². The lowest BCUT2D eigenvalue weighted by atomic mass is 9.96. The molecule has 2 heterocycles. The zero-order valence-corrected chi connectivity index (χ0v) is 12.2. The Morgan fingerprint density at radius 2 is 1.83 bits per heavy atom. The van der Waals surface area contributed by atoms with Crippen LogP contribution in [0.2, 0.25) is 0 Å². The molecule has 1 N–H and O–H groups in total. The molecule has 0 spiro atoms. The topological polar surface area (TPSA) is 66.3 Å². The molecule has 1 saturated heterocycles. The Balaban J connectivity index is 1.91. The van der Waals surface area contributed by atoms with E-state index in [-0.39, 0.29) is 5.92 Å². The molecule has 120 valence electrons. The van der Waals surface area contributed by atoms with Gasteiger partial charge in [0, 0.05) is 24.7 Å². The Labute approximate surface area is 131 Å². The van der Waals surface area contributed by atoms with Gasteiger partial charge in [0.15, 0.2) is 0 Å². The minimum absolute atomic E-state index is 0.334. The van der Waals surface area contributed by atoms with E-state index in [1.165, 1.54) is 18.5 Å². The van der Waals surface area contributed by atoms with Gasteiger partial charge in [-0.25, -0.2) is 18.7 Å². The molecule has 5 nitrogen and oxygen atoms in total. The normalized spacial score (nSPS) is 15.7. The third-order valence-electron chi connectivity index (χ3n) is 4.01. The average molecular weight is 319 g/mol. The number of carboxylic acids is 1. The Morgan fingerprint density at radius 1 is 1.17 bits per heavy atom. The Hall–Kier alpha value is -2.57. The highest BCUT2D eigenvalue weighted by molar-refractivity contribution is 5.75. The molecular formula is C16H15F2N3O2. The lowest BCUT2D eigenvalue weighted by molar-refractivity contribution is -0.142. The average Bonchev–Trinajstić information content (AvgIpc) is 2.54. The fraction of sp³-hybridized carbons (Fsp3) is 0.312. The van der Waals surface area contributed by atoms with E-state index in [1.807, 2.05) is 4.90 Å². The van der Waals surface area contributed by atoms with Crippen LogP contribution in [-0.2, 0) is 4.79 Å². The van der Waals surface area contributed by atoms with E-state index in [2.05, 4.69) is 9.97 Å². The number of anilines is 1. The van der Waals surface area contributed by atoms with Gasteiger partial charge in [0.05, 0.1) is 23.5 Å². The van der Waals surface area contributed by atoms with Crippen molar-refractivity contribution < 1.29 is 18.7 Å². The molecule has 0 radical (unpaired) electrons. The molecule has 0 amide bonds. The molecule has 23 heavy (non-hydrogen) atoms. The van der Waals surface area contributed by atoms with E-state index >= 15 is 0 Å². The number of carboxylic acid groups (broad SMARTS) is 1. The zero-order chi connectivity index (χ0) is 16.4. The van der Waals surface area contributed by atoms with Gasteiger partial charge in [-0.3, -0.25) is 4.79 Å². The van der Waals surface area contributed by atoms with Crippen LogP contribution in [0.5, 0.6) is 0 Å². The van der Waals surface area contributed by atoms with Crippen molar-refractivity contribution in [3.8, 4) is 11.3 Å². The van der Waals surface area contributed by atoms with Gasteiger partial charge in [0.2, 0.25) is 0 Å². The van der Waals surface area contributed by atoms with Gasteiger partial charge in [0.25, 0.3) is 0 Å². The third-order valence-corrected chi connectivity index (χ3v) is 4.01. The fourth-order valence-electron chi connectivity index (χ4n) is 2.83. The molecule has 0 aliphatic carbocycles. The van der Waals surface area contributed by atoms with Crippen molar-refractivity contribution in [2.24, 2.45) is 5.92 Å². The SMILES string of the molecule is O=C(O)C1CCN(c2cncnc2-c2cc(F)cc(F)c2)CC1. The molecule has 0 bridgehead atoms. The van der Waals surface area contributed by atoms with Gasteiger partial charge in [0.1, 0.15) is 18.0 Å². The first-order valence-corrected chi connectivity index (χ1v) is 7.29. The van der Waals surface area contributed by atoms with Gasteiger partial charge >= 0.3 is 5.97 Å². The van der Waals surface area contributed by atoms with Gasteiger partial charge < -0.3 is 10.0 Å². The second kappa shape index (κ2) is 6.28. The molecule has 1 fully saturated rings. The summed E-state index contributed by atoms with van der Waals surface area (Å²) in [5, 5.41) is 9.06. The van der Waals surface area contributed by atoms with Crippen molar-refractivity contribution in [1.29, 1.82) is 0 Å². The highest BCUT2D eigenvalue weighted by atomic mass is 19.1. The minimum atomic E-state index is -0.790. The second-order valence-electron chi connectivity index (χ2n) is 5.51. The quantitative estimate of drug-likeness (QED) is 0.942. The number of halogens is 2. The smallest absolute Gasteiger partial charge is 0.306 e. The Morgan fingerprint density at radius 3 is 2.43 bits per heavy atom. The van der Waals surface area contributed by atoms with Gasteiger partial charge in [-0.1, -0.05) is 0 Å². The summed E-state index contributed by atoms with van der Waals surface area (Å²) in [6, 6.07) is 3.25. The molecule has 2 aromatic rings. The molecule has 0 saturated carbocycles. The van der Waals surface area contributed by atoms with Crippen molar-refractivity contribution in [1.82, 2.24) is 9.97 Å². The molecule has 0 atom stereocenters. The summed E-state index contributed by atoms with van der Waals surface area (Å²) >= 11 is 0. The van der Waals surface area contributed by atoms with Gasteiger partial charge in [-0.15, -0.1) is 0 Å². The van der Waals surface area contributed by atoms with E-state index < -0.39 is 17.6 Å². The Kier molecular flexibility index (Phi) is 4.18. The largest absolute Gasteiger partial charge is 0.481 e. The molecule has 7 heteroatoms. The summed E-state index contributed by atoms with van der Waals surface area (Å²) in [7, 11) is 0. The predicted molar refractivity (Wildman–Crippen MR) is 80.0 cm³/mol. The summed E-state index contributed by atoms with van der Waals surface area (Å²) in [5.41, 5.74) is 1.42. The summed E-state index contributed by atoms with van der Waals surface area (Å²) < 4.78 is 26.9. The molecule has 1 aliphatic heterocycles. The molecular weight excluding hydrogens is 304 g/mol. The number of aliphatic carboxylic acids is 1. The maximum absolute atomic E-state index is 13.5. The first kappa shape index (κ1) is 15.3. The number of piperidine rings is 1. The van der Waals surface area contributed by atoms with Gasteiger partial charge in [-0.05, 0) is 25.0 Å². The highest BCUT2D eigenvalue weighted by Crippen LogP contribution is 2.31. The molecule has 1 aliphatic rings. The van der Waals surface area contributed by atoms with Gasteiger partial charge in [-0.2, -0.15) is 0 Å². The van der Waals surface area contributed by atoms with Crippen LogP contribution in [0.1, 0.15) is 12.8 Å². The molecule has 1 aromatic carbocycles. The minimum Gasteiger partial charge on any atom is -0.481 e. The maximum Gasteiger partial charge on any atom is 0.306 e. The number of rotatable bonds is 3. The Bertz CT molecular complexity index is 711. The van der Waals surface area contributed by atoms with E-state index in [0.29, 0.717) is 42.9 Å². The lowest BCUT2D eigenvalue weighted by Gasteiger charge is -2.32. The lowest BCUT2D eigenvalue weighted by Crippen LogP contribution is -2.36. The van der Waals surface area contributed by atoms with Crippen LogP contribution >= 0.6 is 0 Å². The van der Waals surface area contributed by atoms with Crippen LogP contribution in [0.4, 0.5) is 14.5 Å². The van der Waals surface area contributed by atoms with Crippen molar-refractivity contribution >= 4 is 11.7 Å². The van der Waals surface area contributed by atoms with E-state index in [1.54, 1.807) is 6.20 Å². The van der Waals surface area contributed by atoms with Crippen molar-refractivity contribution in [3.05, 3.63) is 42.4 Å². The van der Waals surface area contributed by atoms with Crippen molar-refractivity contribution in [3.63, 3.8) is 0 Å². The van der Waals surface area contributed by atoms with Crippen LogP contribution in [0.3, 0.4) is 0 Å². The molecule has 3 rings (SSSR count). The van der Waals surface area contributed by atoms with Crippen LogP contribution in [0, 0.1) is 17.6 Å². The predicted octanol–water partition coefficient (Wildman–Crippen LogP) is 2.72. The summed E-state index contributed by atoms with van der Waals surface area (Å²) in [6.45, 7) is 1.07. The van der Waals surface area contributed by atoms with Crippen molar-refractivity contribution in [2.75, 3.05) is 18.0 Å². The zero-order valence-electron chi connectivity index (χ0n) is 12.2. The number of benzene rings is 1. The van der Waals surface area contributed by atoms with Crippen LogP contribution in [0.25, 0.3) is 11.3 Å². The van der Waals surface area contributed by atoms with Crippen LogP contribution in [0.15, 0.2) is 30.7 Å². The summed E-state index contributed by atoms with van der Waals surface area (Å²) in [4.78, 5) is 21.1. The van der Waals surface area contributed by atoms with E-state index in [0.717, 1.165) is 6.07 Å². The van der Waals surface area contributed by atoms with E-state index in [9.17, 15) is 13.6 Å². The standard InChI is InChI=1S/C16H15F2N3O2/c17-12-5-11(6-13(18)7-12)15-14(8-19-9-20-15)21-3-1-10(2-4-21)16(22)23/h5-10H,1-4H2,(H,22,23). The monoisotopic (exact) mass is 319 g/mol. The number of aromatic nitrogens is 2. The first-order chi connectivity index (χ1) is 11.0. The molecule has 0 unspecified atom stereocenters. The summed E-state index contributed by atoms with van der Waals surface area (Å²) in [6.07, 6.45) is 3.94. The number of carbonyl (C=O) groups is 1. The number of hydrogen-bond acceptors (Lipinski definition) is 4. The number of nitrogens with zero attached hydrogens (tertiary/aromatic N) is 3.